The summed E-state index contributed by atoms with van der Waals surface area (Å²) in [6.45, 7) is 7.82. The molecule has 0 spiro atoms. The predicted octanol–water partition coefficient (Wildman–Crippen LogP) is 3.44. The van der Waals surface area contributed by atoms with Crippen molar-refractivity contribution in [2.75, 3.05) is 13.1 Å². The summed E-state index contributed by atoms with van der Waals surface area (Å²) in [5, 5.41) is 9.62. The van der Waals surface area contributed by atoms with Gasteiger partial charge in [0, 0.05) is 25.4 Å². The molecule has 1 saturated heterocycles. The third-order valence-corrected chi connectivity index (χ3v) is 4.78. The Kier molecular flexibility index (Phi) is 6.64. The number of likely N-dealkylation sites (tertiary alicyclic amines) is 1. The third kappa shape index (κ3) is 5.65. The molecule has 0 radical (unpaired) electrons. The van der Waals surface area contributed by atoms with E-state index in [4.69, 9.17) is 0 Å². The minimum absolute atomic E-state index is 0.240. The van der Waals surface area contributed by atoms with Gasteiger partial charge in [0.15, 0.2) is 0 Å². The fourth-order valence-electron chi connectivity index (χ4n) is 3.32. The van der Waals surface area contributed by atoms with Crippen LogP contribution >= 0.6 is 0 Å². The van der Waals surface area contributed by atoms with Crippen LogP contribution in [0.3, 0.4) is 0 Å². The van der Waals surface area contributed by atoms with Gasteiger partial charge in [-0.2, -0.15) is 0 Å². The largest absolute Gasteiger partial charge is 0.393 e. The summed E-state index contributed by atoms with van der Waals surface area (Å²) in [6.07, 6.45) is 4.22. The number of hydrogen-bond acceptors (Lipinski definition) is 2. The number of carbonyl (C=O) groups excluding carboxylic acids is 1. The van der Waals surface area contributed by atoms with Gasteiger partial charge in [-0.15, -0.1) is 0 Å². The van der Waals surface area contributed by atoms with Gasteiger partial charge in [0.05, 0.1) is 6.10 Å². The van der Waals surface area contributed by atoms with E-state index in [1.807, 2.05) is 11.8 Å². The van der Waals surface area contributed by atoms with Crippen molar-refractivity contribution in [3.63, 3.8) is 0 Å². The number of benzene rings is 1. The van der Waals surface area contributed by atoms with E-state index in [2.05, 4.69) is 38.1 Å². The van der Waals surface area contributed by atoms with Crippen molar-refractivity contribution in [3.8, 4) is 0 Å². The highest BCUT2D eigenvalue weighted by Crippen LogP contribution is 2.21. The lowest BCUT2D eigenvalue weighted by molar-refractivity contribution is -0.130. The van der Waals surface area contributed by atoms with Crippen molar-refractivity contribution in [1.29, 1.82) is 0 Å². The molecule has 128 valence electrons. The summed E-state index contributed by atoms with van der Waals surface area (Å²) in [6, 6.07) is 8.82. The van der Waals surface area contributed by atoms with Crippen LogP contribution in [0.25, 0.3) is 0 Å². The standard InChI is InChI=1S/C20H31NO2/c1-15(2)13-18-9-7-17(8-10-18)5-4-6-20(23)21-12-11-19(14-21)16(3)22/h7-10,15-16,19,22H,4-6,11-14H2,1-3H3. The summed E-state index contributed by atoms with van der Waals surface area (Å²) in [4.78, 5) is 14.1. The normalized spacial score (nSPS) is 19.3. The number of carbonyl (C=O) groups is 1. The number of rotatable bonds is 7. The Bertz CT molecular complexity index is 493. The maximum absolute atomic E-state index is 12.2. The second-order valence-corrected chi connectivity index (χ2v) is 7.40. The molecule has 2 atom stereocenters. The molecule has 0 bridgehead atoms. The SMILES string of the molecule is CC(C)Cc1ccc(CCCC(=O)N2CCC(C(C)O)C2)cc1. The molecule has 1 aliphatic rings. The van der Waals surface area contributed by atoms with E-state index < -0.39 is 0 Å². The number of aliphatic hydroxyl groups is 1. The van der Waals surface area contributed by atoms with E-state index in [0.29, 0.717) is 12.3 Å². The molecule has 1 fully saturated rings. The highest BCUT2D eigenvalue weighted by molar-refractivity contribution is 5.76. The monoisotopic (exact) mass is 317 g/mol. The average Bonchev–Trinajstić information content (AvgIpc) is 2.98. The summed E-state index contributed by atoms with van der Waals surface area (Å²) < 4.78 is 0. The Morgan fingerprint density at radius 3 is 2.43 bits per heavy atom. The van der Waals surface area contributed by atoms with E-state index in [1.165, 1.54) is 11.1 Å². The Hall–Kier alpha value is -1.35. The summed E-state index contributed by atoms with van der Waals surface area (Å²) in [5.74, 6) is 1.18. The lowest BCUT2D eigenvalue weighted by Gasteiger charge is -2.17. The number of hydrogen-bond donors (Lipinski definition) is 1. The molecule has 3 heteroatoms. The molecule has 23 heavy (non-hydrogen) atoms. The van der Waals surface area contributed by atoms with E-state index >= 15 is 0 Å². The van der Waals surface area contributed by atoms with Crippen LogP contribution in [0.5, 0.6) is 0 Å². The van der Waals surface area contributed by atoms with E-state index in [-0.39, 0.29) is 17.9 Å². The van der Waals surface area contributed by atoms with Crippen molar-refractivity contribution in [3.05, 3.63) is 35.4 Å². The minimum atomic E-state index is -0.308. The van der Waals surface area contributed by atoms with E-state index in [9.17, 15) is 9.90 Å². The molecular weight excluding hydrogens is 286 g/mol. The molecule has 2 unspecified atom stereocenters. The molecule has 0 aliphatic carbocycles. The van der Waals surface area contributed by atoms with Crippen LogP contribution in [-0.4, -0.2) is 35.1 Å². The first-order chi connectivity index (χ1) is 11.0. The molecule has 1 N–H and O–H groups in total. The van der Waals surface area contributed by atoms with Crippen molar-refractivity contribution >= 4 is 5.91 Å². The predicted molar refractivity (Wildman–Crippen MR) is 94.3 cm³/mol. The van der Waals surface area contributed by atoms with Gasteiger partial charge in [-0.3, -0.25) is 4.79 Å². The molecule has 1 aliphatic heterocycles. The maximum atomic E-state index is 12.2. The van der Waals surface area contributed by atoms with Crippen molar-refractivity contribution in [2.24, 2.45) is 11.8 Å². The second-order valence-electron chi connectivity index (χ2n) is 7.40. The quantitative estimate of drug-likeness (QED) is 0.837. The Balaban J connectivity index is 1.71. The van der Waals surface area contributed by atoms with Crippen LogP contribution in [-0.2, 0) is 17.6 Å². The second kappa shape index (κ2) is 8.49. The molecule has 1 heterocycles. The average molecular weight is 317 g/mol. The number of aliphatic hydroxyl groups excluding tert-OH is 1. The Morgan fingerprint density at radius 1 is 1.22 bits per heavy atom. The van der Waals surface area contributed by atoms with E-state index in [1.54, 1.807) is 0 Å². The first-order valence-corrected chi connectivity index (χ1v) is 8.99. The minimum Gasteiger partial charge on any atom is -0.393 e. The lowest BCUT2D eigenvalue weighted by Crippen LogP contribution is -2.30. The summed E-state index contributed by atoms with van der Waals surface area (Å²) in [5.41, 5.74) is 2.70. The molecule has 1 amide bonds. The van der Waals surface area contributed by atoms with Crippen LogP contribution < -0.4 is 0 Å². The van der Waals surface area contributed by atoms with Gasteiger partial charge < -0.3 is 10.0 Å². The lowest BCUT2D eigenvalue weighted by atomic mass is 10.00. The van der Waals surface area contributed by atoms with Gasteiger partial charge in [0.1, 0.15) is 0 Å². The van der Waals surface area contributed by atoms with Crippen molar-refractivity contribution < 1.29 is 9.90 Å². The van der Waals surface area contributed by atoms with Gasteiger partial charge >= 0.3 is 0 Å². The van der Waals surface area contributed by atoms with Gasteiger partial charge in [-0.05, 0) is 49.7 Å². The molecule has 1 aromatic rings. The van der Waals surface area contributed by atoms with Crippen molar-refractivity contribution in [1.82, 2.24) is 4.90 Å². The summed E-state index contributed by atoms with van der Waals surface area (Å²) >= 11 is 0. The molecule has 2 rings (SSSR count). The first-order valence-electron chi connectivity index (χ1n) is 8.99. The van der Waals surface area contributed by atoms with Crippen LogP contribution in [0.1, 0.15) is 51.2 Å². The molecule has 0 saturated carbocycles. The highest BCUT2D eigenvalue weighted by Gasteiger charge is 2.28. The number of amides is 1. The highest BCUT2D eigenvalue weighted by atomic mass is 16.3. The van der Waals surface area contributed by atoms with Gasteiger partial charge in [-0.1, -0.05) is 38.1 Å². The smallest absolute Gasteiger partial charge is 0.222 e. The van der Waals surface area contributed by atoms with Crippen LogP contribution in [0, 0.1) is 11.8 Å². The zero-order valence-electron chi connectivity index (χ0n) is 14.8. The Labute approximate surface area is 140 Å². The molecule has 3 nitrogen and oxygen atoms in total. The fourth-order valence-corrected chi connectivity index (χ4v) is 3.32. The maximum Gasteiger partial charge on any atom is 0.222 e. The molecule has 1 aromatic carbocycles. The van der Waals surface area contributed by atoms with Crippen LogP contribution in [0.4, 0.5) is 0 Å². The first kappa shape index (κ1) is 18.0. The zero-order valence-corrected chi connectivity index (χ0v) is 14.8. The van der Waals surface area contributed by atoms with Crippen LogP contribution in [0.15, 0.2) is 24.3 Å². The number of nitrogens with zero attached hydrogens (tertiary/aromatic N) is 1. The van der Waals surface area contributed by atoms with Gasteiger partial charge in [-0.25, -0.2) is 0 Å². The number of aryl methyl sites for hydroxylation is 1. The Morgan fingerprint density at radius 2 is 1.87 bits per heavy atom. The van der Waals surface area contributed by atoms with Gasteiger partial charge in [0.2, 0.25) is 5.91 Å². The molecular formula is C20H31NO2. The third-order valence-electron chi connectivity index (χ3n) is 4.78. The fraction of sp³-hybridized carbons (Fsp3) is 0.650. The van der Waals surface area contributed by atoms with Gasteiger partial charge in [0.25, 0.3) is 0 Å². The zero-order chi connectivity index (χ0) is 16.8. The summed E-state index contributed by atoms with van der Waals surface area (Å²) in [7, 11) is 0. The molecule has 0 aromatic heterocycles. The van der Waals surface area contributed by atoms with E-state index in [0.717, 1.165) is 38.8 Å². The van der Waals surface area contributed by atoms with Crippen LogP contribution in [0.2, 0.25) is 0 Å². The van der Waals surface area contributed by atoms with Crippen molar-refractivity contribution in [2.45, 2.75) is 59.0 Å². The topological polar surface area (TPSA) is 40.5 Å².